The molecule has 3 aliphatic heterocycles. The highest BCUT2D eigenvalue weighted by Crippen LogP contribution is 2.76. The number of ether oxygens (including phenoxy) is 7. The van der Waals surface area contributed by atoms with E-state index >= 15 is 0 Å². The van der Waals surface area contributed by atoms with Crippen LogP contribution in [0.15, 0.2) is 11.6 Å². The minimum atomic E-state index is -1.94. The van der Waals surface area contributed by atoms with Gasteiger partial charge in [0.05, 0.1) is 31.3 Å². The molecule has 4 saturated carbocycles. The topological polar surface area (TPSA) is 301 Å². The first-order chi connectivity index (χ1) is 33.3. The van der Waals surface area contributed by atoms with Gasteiger partial charge in [-0.05, 0) is 115 Å². The van der Waals surface area contributed by atoms with E-state index in [1.807, 2.05) is 6.92 Å². The number of carboxylic acids is 1. The van der Waals surface area contributed by atoms with Crippen LogP contribution < -0.4 is 0 Å². The highest BCUT2D eigenvalue weighted by molar-refractivity contribution is 5.77. The van der Waals surface area contributed by atoms with E-state index in [-0.39, 0.29) is 46.0 Å². The van der Waals surface area contributed by atoms with Crippen LogP contribution in [0.4, 0.5) is 0 Å². The fourth-order valence-corrected chi connectivity index (χ4v) is 15.5. The quantitative estimate of drug-likeness (QED) is 0.0547. The van der Waals surface area contributed by atoms with Crippen LogP contribution in [0.5, 0.6) is 0 Å². The molecule has 7 fully saturated rings. The van der Waals surface area contributed by atoms with Crippen molar-refractivity contribution in [1.82, 2.24) is 0 Å². The number of fused-ring (bicyclic) bond motifs is 7. The zero-order valence-electron chi connectivity index (χ0n) is 42.8. The first-order valence-corrected chi connectivity index (χ1v) is 26.3. The Hall–Kier alpha value is -1.92. The average Bonchev–Trinajstić information content (AvgIpc) is 3.31. The van der Waals surface area contributed by atoms with Crippen LogP contribution in [0.3, 0.4) is 0 Å². The Morgan fingerprint density at radius 2 is 1.25 bits per heavy atom. The number of rotatable bonds is 13. The number of carbonyl (C=O) groups excluding carboxylic acids is 1. The van der Waals surface area contributed by atoms with E-state index in [2.05, 4.69) is 54.5 Å². The van der Waals surface area contributed by atoms with Crippen molar-refractivity contribution in [3.8, 4) is 0 Å². The molecule has 10 N–H and O–H groups in total. The van der Waals surface area contributed by atoms with Gasteiger partial charge in [-0.3, -0.25) is 4.79 Å². The van der Waals surface area contributed by atoms with Gasteiger partial charge in [-0.1, -0.05) is 73.5 Å². The Labute approximate surface area is 417 Å². The minimum absolute atomic E-state index is 0.0184. The molecular weight excluding hydrogens is 929 g/mol. The third-order valence-electron chi connectivity index (χ3n) is 20.1. The third-order valence-corrected chi connectivity index (χ3v) is 20.1. The molecule has 0 radical (unpaired) electrons. The van der Waals surface area contributed by atoms with Crippen molar-refractivity contribution in [1.29, 1.82) is 0 Å². The van der Waals surface area contributed by atoms with Crippen molar-refractivity contribution < 1.29 is 93.8 Å². The highest BCUT2D eigenvalue weighted by Gasteiger charge is 2.70. The van der Waals surface area contributed by atoms with Gasteiger partial charge in [0, 0.05) is 0 Å². The van der Waals surface area contributed by atoms with E-state index in [1.165, 1.54) is 5.57 Å². The lowest BCUT2D eigenvalue weighted by molar-refractivity contribution is -0.396. The highest BCUT2D eigenvalue weighted by atomic mass is 16.8. The number of esters is 1. The number of aliphatic hydroxyl groups is 9. The van der Waals surface area contributed by atoms with E-state index in [9.17, 15) is 60.7 Å². The summed E-state index contributed by atoms with van der Waals surface area (Å²) in [5.74, 6) is -1.25. The van der Waals surface area contributed by atoms with Crippen LogP contribution in [0.25, 0.3) is 0 Å². The average molecular weight is 1010 g/mol. The second-order valence-corrected chi connectivity index (χ2v) is 24.7. The molecule has 19 nitrogen and oxygen atoms in total. The molecule has 0 aromatic rings. The molecule has 0 bridgehead atoms. The molecule has 5 aliphatic carbocycles. The number of aliphatic hydroxyl groups excluding tert-OH is 9. The lowest BCUT2D eigenvalue weighted by atomic mass is 9.33. The maximum absolute atomic E-state index is 13.6. The summed E-state index contributed by atoms with van der Waals surface area (Å²) in [5, 5.41) is 109. The van der Waals surface area contributed by atoms with Gasteiger partial charge in [0.2, 0.25) is 0 Å². The van der Waals surface area contributed by atoms with Crippen molar-refractivity contribution in [2.24, 2.45) is 50.2 Å². The van der Waals surface area contributed by atoms with Crippen LogP contribution >= 0.6 is 0 Å². The maximum Gasteiger partial charge on any atom is 0.338 e. The van der Waals surface area contributed by atoms with E-state index in [0.29, 0.717) is 32.1 Å². The predicted octanol–water partition coefficient (Wildman–Crippen LogP) is 2.06. The Balaban J connectivity index is 1.08. The molecule has 71 heavy (non-hydrogen) atoms. The van der Waals surface area contributed by atoms with E-state index in [4.69, 9.17) is 33.2 Å². The normalized spacial score (nSPS) is 50.3. The van der Waals surface area contributed by atoms with Gasteiger partial charge in [-0.15, -0.1) is 0 Å². The smallest absolute Gasteiger partial charge is 0.338 e. The Bertz CT molecular complexity index is 1950. The summed E-state index contributed by atoms with van der Waals surface area (Å²) < 4.78 is 42.4. The number of unbranched alkanes of at least 4 members (excludes halogenated alkanes) is 1. The van der Waals surface area contributed by atoms with Crippen molar-refractivity contribution in [2.75, 3.05) is 19.8 Å². The van der Waals surface area contributed by atoms with Gasteiger partial charge < -0.3 is 84.2 Å². The lowest BCUT2D eigenvalue weighted by Gasteiger charge is -2.71. The monoisotopic (exact) mass is 1010 g/mol. The summed E-state index contributed by atoms with van der Waals surface area (Å²) in [6, 6.07) is 0. The van der Waals surface area contributed by atoms with Gasteiger partial charge in [-0.2, -0.15) is 0 Å². The largest absolute Gasteiger partial charge is 0.481 e. The minimum Gasteiger partial charge on any atom is -0.481 e. The summed E-state index contributed by atoms with van der Waals surface area (Å²) in [6.45, 7) is 16.4. The van der Waals surface area contributed by atoms with E-state index in [0.717, 1.165) is 44.9 Å². The lowest BCUT2D eigenvalue weighted by Crippen LogP contribution is -2.68. The van der Waals surface area contributed by atoms with E-state index < -0.39 is 134 Å². The Morgan fingerprint density at radius 3 is 1.89 bits per heavy atom. The molecule has 3 saturated heterocycles. The summed E-state index contributed by atoms with van der Waals surface area (Å²) >= 11 is 0. The number of hydrogen-bond donors (Lipinski definition) is 10. The van der Waals surface area contributed by atoms with Gasteiger partial charge in [0.15, 0.2) is 25.0 Å². The van der Waals surface area contributed by atoms with Crippen LogP contribution in [0.2, 0.25) is 0 Å². The van der Waals surface area contributed by atoms with Crippen LogP contribution in [-0.2, 0) is 42.7 Å². The van der Waals surface area contributed by atoms with Gasteiger partial charge >= 0.3 is 11.9 Å². The van der Waals surface area contributed by atoms with Crippen LogP contribution in [0.1, 0.15) is 132 Å². The second kappa shape index (κ2) is 20.2. The van der Waals surface area contributed by atoms with E-state index in [1.54, 1.807) is 0 Å². The number of allylic oxidation sites excluding steroid dienone is 2. The zero-order valence-corrected chi connectivity index (χ0v) is 42.8. The number of carbonyl (C=O) groups is 2. The molecule has 0 spiro atoms. The fourth-order valence-electron chi connectivity index (χ4n) is 15.5. The van der Waals surface area contributed by atoms with Crippen molar-refractivity contribution in [3.63, 3.8) is 0 Å². The molecule has 19 heteroatoms. The first-order valence-electron chi connectivity index (χ1n) is 26.3. The molecule has 406 valence electrons. The fraction of sp³-hybridized carbons (Fsp3) is 0.923. The molecule has 8 aliphatic rings. The van der Waals surface area contributed by atoms with Crippen molar-refractivity contribution >= 4 is 11.9 Å². The molecule has 0 unspecified atom stereocenters. The Kier molecular flexibility index (Phi) is 15.8. The molecule has 3 heterocycles. The summed E-state index contributed by atoms with van der Waals surface area (Å²) in [4.78, 5) is 26.8. The number of hydrogen-bond acceptors (Lipinski definition) is 18. The van der Waals surface area contributed by atoms with Crippen LogP contribution in [0, 0.1) is 50.2 Å². The number of carboxylic acid groups (broad SMARTS) is 1. The van der Waals surface area contributed by atoms with Gasteiger partial charge in [0.25, 0.3) is 0 Å². The molecule has 0 aromatic heterocycles. The predicted molar refractivity (Wildman–Crippen MR) is 249 cm³/mol. The summed E-state index contributed by atoms with van der Waals surface area (Å²) in [6.07, 6.45) is -15.7. The maximum atomic E-state index is 13.6. The third kappa shape index (κ3) is 9.17. The molecule has 23 atom stereocenters. The van der Waals surface area contributed by atoms with Gasteiger partial charge in [-0.25, -0.2) is 4.79 Å². The molecule has 0 amide bonds. The van der Waals surface area contributed by atoms with Crippen molar-refractivity contribution in [2.45, 2.75) is 231 Å². The zero-order chi connectivity index (χ0) is 52.0. The SMILES string of the molecule is CCCCOC(=O)[C@H]1O[C@@H](O[C@H]2CC[C@]3(C)[C@H]4CC=C5[C@@H]6CC(C)(C)CC[C@]6(C(=O)O)CC[C@@]5(C)[C@]4(C)CC[C@H]3C2(C)C)[C@H](O[C@@H]2O[C@H](CO)[C@@H](O)[C@H](O)[C@H]2O[C@@H]2O[C@H](CO)[C@@H](O)[C@H](O)[C@H]2O)[C@@H](O)[C@@H]1O. The Morgan fingerprint density at radius 1 is 0.662 bits per heavy atom. The van der Waals surface area contributed by atoms with Gasteiger partial charge in [0.1, 0.15) is 67.1 Å². The summed E-state index contributed by atoms with van der Waals surface area (Å²) in [7, 11) is 0. The standard InChI is InChI=1S/C52H84O19/c1-9-10-21-65-42(62)39-36(59)37(60)41(71-44-40(35(58)33(56)28(24-54)67-44)70-43-38(61)34(57)32(55)27(23-53)66-43)45(69-39)68-31-14-15-49(6)29(48(31,4)5)13-16-51(8)30(49)12-11-25-26-22-47(2,3)17-19-52(26,46(63)64)20-18-50(25,51)7/h11,26-41,43-45,53-61H,9-10,12-24H2,1-8H3,(H,63,64)/t26-,27+,28+,29-,30+,31-,32+,33+,34-,35-,36-,37-,38+,39-,40+,41+,43-,44-,45+,49-,50+,51+,52-/m0/s1. The number of aliphatic carboxylic acids is 1. The summed E-state index contributed by atoms with van der Waals surface area (Å²) in [5.41, 5.74) is -0.420. The second-order valence-electron chi connectivity index (χ2n) is 24.7. The van der Waals surface area contributed by atoms with Crippen LogP contribution in [-0.4, -0.2) is 181 Å². The molecular formula is C52H84O19. The van der Waals surface area contributed by atoms with Crippen molar-refractivity contribution in [3.05, 3.63) is 11.6 Å². The molecule has 0 aromatic carbocycles. The first kappa shape index (κ1) is 55.3. The molecule has 8 rings (SSSR count).